The van der Waals surface area contributed by atoms with Crippen molar-refractivity contribution in [3.63, 3.8) is 0 Å². The molecule has 0 aromatic heterocycles. The standard InChI is InChI=1S/C25H27ClN2O3S/c1-18-9-10-19(2)24(15-18)32(30,31)28(14-13-21-7-5-4-6-8-21)17-25(29)27-23-12-11-22(26)16-20(23)3/h4-12,15-16H,13-14,17H2,1-3H3,(H,27,29). The molecule has 0 aliphatic carbocycles. The number of sulfonamides is 1. The lowest BCUT2D eigenvalue weighted by Gasteiger charge is -2.23. The number of carbonyl (C=O) groups is 1. The number of nitrogens with one attached hydrogen (secondary N) is 1. The van der Waals surface area contributed by atoms with Crippen LogP contribution in [-0.2, 0) is 21.2 Å². The highest BCUT2D eigenvalue weighted by molar-refractivity contribution is 7.89. The van der Waals surface area contributed by atoms with Gasteiger partial charge in [0, 0.05) is 17.3 Å². The first kappa shape index (κ1) is 24.0. The molecule has 0 spiro atoms. The highest BCUT2D eigenvalue weighted by atomic mass is 35.5. The zero-order valence-corrected chi connectivity index (χ0v) is 20.0. The summed E-state index contributed by atoms with van der Waals surface area (Å²) in [6, 6.07) is 20.1. The van der Waals surface area contributed by atoms with E-state index in [-0.39, 0.29) is 18.0 Å². The summed E-state index contributed by atoms with van der Waals surface area (Å²) in [5.41, 5.74) is 3.90. The van der Waals surface area contributed by atoms with Crippen molar-refractivity contribution in [2.24, 2.45) is 0 Å². The van der Waals surface area contributed by atoms with Gasteiger partial charge < -0.3 is 5.32 Å². The lowest BCUT2D eigenvalue weighted by molar-refractivity contribution is -0.116. The summed E-state index contributed by atoms with van der Waals surface area (Å²) in [6.45, 7) is 5.35. The summed E-state index contributed by atoms with van der Waals surface area (Å²) in [5.74, 6) is -0.405. The fraction of sp³-hybridized carbons (Fsp3) is 0.240. The molecule has 1 N–H and O–H groups in total. The number of carbonyl (C=O) groups excluding carboxylic acids is 1. The minimum atomic E-state index is -3.88. The Bertz CT molecular complexity index is 1210. The van der Waals surface area contributed by atoms with Gasteiger partial charge in [-0.3, -0.25) is 4.79 Å². The molecular weight excluding hydrogens is 444 g/mol. The Morgan fingerprint density at radius 1 is 0.938 bits per heavy atom. The van der Waals surface area contributed by atoms with Gasteiger partial charge in [-0.15, -0.1) is 0 Å². The van der Waals surface area contributed by atoms with Crippen LogP contribution in [-0.4, -0.2) is 31.7 Å². The van der Waals surface area contributed by atoms with Crippen molar-refractivity contribution >= 4 is 33.2 Å². The van der Waals surface area contributed by atoms with Gasteiger partial charge in [0.15, 0.2) is 0 Å². The van der Waals surface area contributed by atoms with E-state index in [0.29, 0.717) is 22.7 Å². The topological polar surface area (TPSA) is 66.5 Å². The Balaban J connectivity index is 1.87. The van der Waals surface area contributed by atoms with Gasteiger partial charge in [-0.25, -0.2) is 8.42 Å². The summed E-state index contributed by atoms with van der Waals surface area (Å²) in [4.78, 5) is 13.1. The first-order valence-electron chi connectivity index (χ1n) is 10.3. The van der Waals surface area contributed by atoms with Gasteiger partial charge in [-0.05, 0) is 73.7 Å². The maximum atomic E-state index is 13.6. The van der Waals surface area contributed by atoms with Crippen LogP contribution < -0.4 is 5.32 Å². The largest absolute Gasteiger partial charge is 0.325 e. The van der Waals surface area contributed by atoms with E-state index in [1.165, 1.54) is 4.31 Å². The van der Waals surface area contributed by atoms with E-state index in [0.717, 1.165) is 16.7 Å². The molecule has 0 aliphatic rings. The van der Waals surface area contributed by atoms with E-state index in [1.54, 1.807) is 37.3 Å². The highest BCUT2D eigenvalue weighted by Gasteiger charge is 2.28. The molecule has 0 heterocycles. The Hall–Kier alpha value is -2.67. The van der Waals surface area contributed by atoms with Crippen molar-refractivity contribution in [3.05, 3.63) is 94.0 Å². The molecule has 0 radical (unpaired) electrons. The van der Waals surface area contributed by atoms with E-state index < -0.39 is 15.9 Å². The lowest BCUT2D eigenvalue weighted by Crippen LogP contribution is -2.39. The number of rotatable bonds is 8. The van der Waals surface area contributed by atoms with Gasteiger partial charge in [-0.2, -0.15) is 4.31 Å². The van der Waals surface area contributed by atoms with Crippen LogP contribution in [0, 0.1) is 20.8 Å². The van der Waals surface area contributed by atoms with E-state index in [4.69, 9.17) is 11.6 Å². The summed E-state index contributed by atoms with van der Waals surface area (Å²) < 4.78 is 28.4. The fourth-order valence-corrected chi connectivity index (χ4v) is 5.36. The van der Waals surface area contributed by atoms with Gasteiger partial charge in [0.1, 0.15) is 0 Å². The number of halogens is 1. The summed E-state index contributed by atoms with van der Waals surface area (Å²) in [6.07, 6.45) is 0.498. The van der Waals surface area contributed by atoms with Crippen LogP contribution in [0.2, 0.25) is 5.02 Å². The second-order valence-electron chi connectivity index (χ2n) is 7.85. The maximum absolute atomic E-state index is 13.6. The number of aryl methyl sites for hydroxylation is 3. The molecule has 5 nitrogen and oxygen atoms in total. The first-order valence-corrected chi connectivity index (χ1v) is 12.2. The SMILES string of the molecule is Cc1ccc(C)c(S(=O)(=O)N(CCc2ccccc2)CC(=O)Nc2ccc(Cl)cc2C)c1. The van der Waals surface area contributed by atoms with E-state index in [1.807, 2.05) is 50.2 Å². The minimum absolute atomic E-state index is 0.187. The van der Waals surface area contributed by atoms with E-state index in [2.05, 4.69) is 5.32 Å². The number of nitrogens with zero attached hydrogens (tertiary/aromatic N) is 1. The molecule has 0 fully saturated rings. The molecule has 0 saturated carbocycles. The van der Waals surface area contributed by atoms with Crippen LogP contribution in [0.4, 0.5) is 5.69 Å². The Labute approximate surface area is 195 Å². The second kappa shape index (κ2) is 10.3. The molecular formula is C25H27ClN2O3S. The number of benzene rings is 3. The van der Waals surface area contributed by atoms with Crippen molar-refractivity contribution < 1.29 is 13.2 Å². The smallest absolute Gasteiger partial charge is 0.243 e. The van der Waals surface area contributed by atoms with Crippen molar-refractivity contribution in [3.8, 4) is 0 Å². The third-order valence-corrected chi connectivity index (χ3v) is 7.46. The average Bonchev–Trinajstić information content (AvgIpc) is 2.75. The van der Waals surface area contributed by atoms with Crippen molar-refractivity contribution in [1.29, 1.82) is 0 Å². The average molecular weight is 471 g/mol. The fourth-order valence-electron chi connectivity index (χ4n) is 3.42. The van der Waals surface area contributed by atoms with Crippen LogP contribution in [0.3, 0.4) is 0 Å². The molecule has 0 unspecified atom stereocenters. The maximum Gasteiger partial charge on any atom is 0.243 e. The Morgan fingerprint density at radius 2 is 1.66 bits per heavy atom. The van der Waals surface area contributed by atoms with Gasteiger partial charge in [-0.1, -0.05) is 54.1 Å². The molecule has 3 rings (SSSR count). The van der Waals surface area contributed by atoms with Crippen LogP contribution in [0.5, 0.6) is 0 Å². The van der Waals surface area contributed by atoms with Gasteiger partial charge >= 0.3 is 0 Å². The van der Waals surface area contributed by atoms with Crippen molar-refractivity contribution in [2.75, 3.05) is 18.4 Å². The normalized spacial score (nSPS) is 11.5. The molecule has 3 aromatic rings. The Morgan fingerprint density at radius 3 is 2.34 bits per heavy atom. The van der Waals surface area contributed by atoms with E-state index >= 15 is 0 Å². The third kappa shape index (κ3) is 5.97. The molecule has 0 saturated heterocycles. The number of amides is 1. The number of hydrogen-bond acceptors (Lipinski definition) is 3. The highest BCUT2D eigenvalue weighted by Crippen LogP contribution is 2.23. The Kier molecular flexibility index (Phi) is 7.72. The third-order valence-electron chi connectivity index (χ3n) is 5.24. The van der Waals surface area contributed by atoms with Crippen LogP contribution >= 0.6 is 11.6 Å². The summed E-state index contributed by atoms with van der Waals surface area (Å²) in [5, 5.41) is 3.38. The predicted octanol–water partition coefficient (Wildman–Crippen LogP) is 5.14. The second-order valence-corrected chi connectivity index (χ2v) is 10.2. The van der Waals surface area contributed by atoms with Crippen LogP contribution in [0.25, 0.3) is 0 Å². The van der Waals surface area contributed by atoms with Crippen molar-refractivity contribution in [2.45, 2.75) is 32.1 Å². The van der Waals surface area contributed by atoms with Gasteiger partial charge in [0.05, 0.1) is 11.4 Å². The summed E-state index contributed by atoms with van der Waals surface area (Å²) in [7, 11) is -3.88. The summed E-state index contributed by atoms with van der Waals surface area (Å²) >= 11 is 5.99. The number of hydrogen-bond donors (Lipinski definition) is 1. The monoisotopic (exact) mass is 470 g/mol. The molecule has 168 valence electrons. The predicted molar refractivity (Wildman–Crippen MR) is 130 cm³/mol. The molecule has 7 heteroatoms. The molecule has 3 aromatic carbocycles. The number of anilines is 1. The van der Waals surface area contributed by atoms with Gasteiger partial charge in [0.2, 0.25) is 15.9 Å². The quantitative estimate of drug-likeness (QED) is 0.495. The molecule has 0 atom stereocenters. The first-order chi connectivity index (χ1) is 15.2. The van der Waals surface area contributed by atoms with E-state index in [9.17, 15) is 13.2 Å². The lowest BCUT2D eigenvalue weighted by atomic mass is 10.1. The molecule has 0 aliphatic heterocycles. The zero-order valence-electron chi connectivity index (χ0n) is 18.4. The molecule has 32 heavy (non-hydrogen) atoms. The van der Waals surface area contributed by atoms with Crippen molar-refractivity contribution in [1.82, 2.24) is 4.31 Å². The molecule has 1 amide bonds. The van der Waals surface area contributed by atoms with Crippen LogP contribution in [0.15, 0.2) is 71.6 Å². The zero-order chi connectivity index (χ0) is 23.3. The minimum Gasteiger partial charge on any atom is -0.325 e. The molecule has 0 bridgehead atoms. The van der Waals surface area contributed by atoms with Crippen LogP contribution in [0.1, 0.15) is 22.3 Å². The van der Waals surface area contributed by atoms with Gasteiger partial charge in [0.25, 0.3) is 0 Å².